The molecule has 82 valence electrons. The van der Waals surface area contributed by atoms with Crippen LogP contribution in [0.4, 0.5) is 0 Å². The second kappa shape index (κ2) is 6.11. The average molecular weight is 243 g/mol. The maximum absolute atomic E-state index is 11.1. The molecule has 0 aromatic rings. The standard InChI is InChI=1S/C5H10NO6PS/c1-3-11-13(7)5(4-6)12-14(8,9)10-2/h5,13H,3H2,1-2H3. The van der Waals surface area contributed by atoms with E-state index in [0.29, 0.717) is 0 Å². The lowest BCUT2D eigenvalue weighted by atomic mass is 10.8. The molecule has 9 heteroatoms. The van der Waals surface area contributed by atoms with E-state index in [0.717, 1.165) is 7.11 Å². The van der Waals surface area contributed by atoms with Crippen molar-refractivity contribution in [3.63, 3.8) is 0 Å². The van der Waals surface area contributed by atoms with Crippen LogP contribution in [0.25, 0.3) is 0 Å². The van der Waals surface area contributed by atoms with Gasteiger partial charge in [0, 0.05) is 0 Å². The van der Waals surface area contributed by atoms with Crippen LogP contribution >= 0.6 is 8.03 Å². The fourth-order valence-corrected chi connectivity index (χ4v) is 2.06. The fraction of sp³-hybridized carbons (Fsp3) is 0.800. The summed E-state index contributed by atoms with van der Waals surface area (Å²) in [7, 11) is -6.27. The van der Waals surface area contributed by atoms with E-state index in [-0.39, 0.29) is 6.61 Å². The van der Waals surface area contributed by atoms with Gasteiger partial charge in [0.2, 0.25) is 13.9 Å². The number of hydrogen-bond acceptors (Lipinski definition) is 7. The monoisotopic (exact) mass is 243 g/mol. The van der Waals surface area contributed by atoms with Crippen molar-refractivity contribution < 1.29 is 25.9 Å². The number of nitrogens with zero attached hydrogens (tertiary/aromatic N) is 1. The first-order valence-corrected chi connectivity index (χ1v) is 6.24. The predicted molar refractivity (Wildman–Crippen MR) is 47.0 cm³/mol. The summed E-state index contributed by atoms with van der Waals surface area (Å²) in [6.07, 6.45) is 0. The molecule has 0 bridgehead atoms. The highest BCUT2D eigenvalue weighted by atomic mass is 32.3. The Morgan fingerprint density at radius 3 is 2.50 bits per heavy atom. The SMILES string of the molecule is CCO[PH](=O)C(C#N)OS(=O)(=O)OC. The molecule has 2 unspecified atom stereocenters. The van der Waals surface area contributed by atoms with Gasteiger partial charge in [-0.3, -0.25) is 8.75 Å². The van der Waals surface area contributed by atoms with Crippen LogP contribution in [0.1, 0.15) is 6.92 Å². The minimum absolute atomic E-state index is 0.104. The van der Waals surface area contributed by atoms with E-state index < -0.39 is 24.3 Å². The molecular weight excluding hydrogens is 233 g/mol. The highest BCUT2D eigenvalue weighted by molar-refractivity contribution is 7.82. The summed E-state index contributed by atoms with van der Waals surface area (Å²) in [6, 6.07) is 1.40. The zero-order valence-corrected chi connectivity index (χ0v) is 9.41. The smallest absolute Gasteiger partial charge is 0.328 e. The second-order valence-corrected chi connectivity index (χ2v) is 4.73. The Hall–Kier alpha value is -0.450. The summed E-state index contributed by atoms with van der Waals surface area (Å²) < 4.78 is 45.1. The van der Waals surface area contributed by atoms with E-state index in [9.17, 15) is 13.0 Å². The van der Waals surface area contributed by atoms with Gasteiger partial charge < -0.3 is 4.52 Å². The van der Waals surface area contributed by atoms with Gasteiger partial charge in [-0.15, -0.1) is 0 Å². The van der Waals surface area contributed by atoms with Crippen molar-refractivity contribution in [3.05, 3.63) is 0 Å². The van der Waals surface area contributed by atoms with Crippen LogP contribution in [-0.2, 0) is 27.9 Å². The van der Waals surface area contributed by atoms with E-state index in [2.05, 4.69) is 12.9 Å². The van der Waals surface area contributed by atoms with Crippen LogP contribution in [0.2, 0.25) is 0 Å². The number of nitriles is 1. The number of rotatable bonds is 6. The molecule has 0 aliphatic rings. The van der Waals surface area contributed by atoms with Gasteiger partial charge in [0.1, 0.15) is 6.07 Å². The Balaban J connectivity index is 4.47. The maximum atomic E-state index is 11.1. The van der Waals surface area contributed by atoms with E-state index >= 15 is 0 Å². The van der Waals surface area contributed by atoms with Gasteiger partial charge in [0.05, 0.1) is 13.7 Å². The normalized spacial score (nSPS) is 15.8. The van der Waals surface area contributed by atoms with Gasteiger partial charge >= 0.3 is 10.4 Å². The highest BCUT2D eigenvalue weighted by Crippen LogP contribution is 2.30. The second-order valence-electron chi connectivity index (χ2n) is 1.93. The molecule has 0 saturated heterocycles. The topological polar surface area (TPSA) is 103 Å². The molecule has 7 nitrogen and oxygen atoms in total. The minimum Gasteiger partial charge on any atom is -0.328 e. The third-order valence-corrected chi connectivity index (χ3v) is 3.29. The molecule has 0 amide bonds. The summed E-state index contributed by atoms with van der Waals surface area (Å²) in [4.78, 5) is 0. The summed E-state index contributed by atoms with van der Waals surface area (Å²) in [5, 5.41) is 8.43. The van der Waals surface area contributed by atoms with Gasteiger partial charge in [0.15, 0.2) is 0 Å². The molecule has 0 aliphatic heterocycles. The minimum atomic E-state index is -4.27. The van der Waals surface area contributed by atoms with E-state index in [4.69, 9.17) is 5.26 Å². The van der Waals surface area contributed by atoms with Gasteiger partial charge in [0.25, 0.3) is 0 Å². The van der Waals surface area contributed by atoms with Gasteiger partial charge in [-0.2, -0.15) is 13.7 Å². The Morgan fingerprint density at radius 2 is 2.14 bits per heavy atom. The molecule has 2 atom stereocenters. The van der Waals surface area contributed by atoms with Crippen molar-refractivity contribution >= 4 is 18.4 Å². The molecule has 0 radical (unpaired) electrons. The van der Waals surface area contributed by atoms with Crippen molar-refractivity contribution in [3.8, 4) is 6.07 Å². The first-order chi connectivity index (χ1) is 6.46. The summed E-state index contributed by atoms with van der Waals surface area (Å²) in [5.41, 5.74) is 0. The third-order valence-electron chi connectivity index (χ3n) is 1.04. The van der Waals surface area contributed by atoms with Crippen LogP contribution in [0.3, 0.4) is 0 Å². The molecule has 0 aromatic heterocycles. The zero-order valence-electron chi connectivity index (χ0n) is 7.59. The lowest BCUT2D eigenvalue weighted by Gasteiger charge is -2.08. The van der Waals surface area contributed by atoms with E-state index in [1.807, 2.05) is 0 Å². The van der Waals surface area contributed by atoms with Crippen molar-refractivity contribution in [1.82, 2.24) is 0 Å². The van der Waals surface area contributed by atoms with Crippen LogP contribution in [0, 0.1) is 11.3 Å². The Kier molecular flexibility index (Phi) is 5.92. The molecule has 0 aliphatic carbocycles. The summed E-state index contributed by atoms with van der Waals surface area (Å²) in [6.45, 7) is 1.66. The van der Waals surface area contributed by atoms with Crippen molar-refractivity contribution in [2.75, 3.05) is 13.7 Å². The molecule has 0 N–H and O–H groups in total. The molecule has 14 heavy (non-hydrogen) atoms. The molecule has 0 fully saturated rings. The van der Waals surface area contributed by atoms with Crippen LogP contribution in [0.5, 0.6) is 0 Å². The molecule has 0 saturated carbocycles. The fourth-order valence-electron chi connectivity index (χ4n) is 0.489. The van der Waals surface area contributed by atoms with E-state index in [1.54, 1.807) is 6.92 Å². The molecule has 0 aromatic carbocycles. The highest BCUT2D eigenvalue weighted by Gasteiger charge is 2.24. The first kappa shape index (κ1) is 13.5. The predicted octanol–water partition coefficient (Wildman–Crippen LogP) is 0.255. The Morgan fingerprint density at radius 1 is 1.57 bits per heavy atom. The van der Waals surface area contributed by atoms with Crippen molar-refractivity contribution in [2.45, 2.75) is 12.8 Å². The average Bonchev–Trinajstić information content (AvgIpc) is 2.14. The van der Waals surface area contributed by atoms with Gasteiger partial charge in [-0.1, -0.05) is 0 Å². The van der Waals surface area contributed by atoms with Crippen molar-refractivity contribution in [2.24, 2.45) is 0 Å². The lowest BCUT2D eigenvalue weighted by molar-refractivity contribution is 0.231. The van der Waals surface area contributed by atoms with E-state index in [1.165, 1.54) is 6.07 Å². The zero-order chi connectivity index (χ0) is 11.2. The quantitative estimate of drug-likeness (QED) is 0.616. The summed E-state index contributed by atoms with van der Waals surface area (Å²) in [5.74, 6) is -1.65. The largest absolute Gasteiger partial charge is 0.401 e. The summed E-state index contributed by atoms with van der Waals surface area (Å²) >= 11 is 0. The number of hydrogen-bond donors (Lipinski definition) is 0. The maximum Gasteiger partial charge on any atom is 0.401 e. The van der Waals surface area contributed by atoms with Gasteiger partial charge in [-0.25, -0.2) is 4.18 Å². The first-order valence-electron chi connectivity index (χ1n) is 3.52. The lowest BCUT2D eigenvalue weighted by Crippen LogP contribution is -2.15. The molecule has 0 heterocycles. The Labute approximate surface area is 82.8 Å². The molecule has 0 rings (SSSR count). The van der Waals surface area contributed by atoms with Crippen LogP contribution in [0.15, 0.2) is 0 Å². The molecular formula is C5H10NO6PS. The van der Waals surface area contributed by atoms with Crippen molar-refractivity contribution in [1.29, 1.82) is 5.26 Å². The van der Waals surface area contributed by atoms with Crippen LogP contribution in [-0.4, -0.2) is 28.0 Å². The van der Waals surface area contributed by atoms with Gasteiger partial charge in [-0.05, 0) is 6.92 Å². The van der Waals surface area contributed by atoms with Crippen LogP contribution < -0.4 is 0 Å². The molecule has 0 spiro atoms. The Bertz CT molecular complexity index is 333. The third kappa shape index (κ3) is 4.69.